The van der Waals surface area contributed by atoms with Crippen molar-refractivity contribution in [3.8, 4) is 0 Å². The molecule has 3 aromatic rings. The van der Waals surface area contributed by atoms with E-state index in [-0.39, 0.29) is 24.3 Å². The van der Waals surface area contributed by atoms with Crippen LogP contribution in [-0.4, -0.2) is 34.3 Å². The number of aromatic amines is 1. The van der Waals surface area contributed by atoms with Crippen LogP contribution >= 0.6 is 11.6 Å². The highest BCUT2D eigenvalue weighted by atomic mass is 35.5. The van der Waals surface area contributed by atoms with Crippen LogP contribution < -0.4 is 4.90 Å². The van der Waals surface area contributed by atoms with Gasteiger partial charge in [0, 0.05) is 34.2 Å². The van der Waals surface area contributed by atoms with E-state index in [9.17, 15) is 9.59 Å². The molecule has 3 heterocycles. The van der Waals surface area contributed by atoms with Gasteiger partial charge in [-0.3, -0.25) is 14.5 Å². The second-order valence-corrected chi connectivity index (χ2v) is 8.43. The van der Waals surface area contributed by atoms with Crippen molar-refractivity contribution in [3.63, 3.8) is 0 Å². The van der Waals surface area contributed by atoms with Gasteiger partial charge < -0.3 is 4.98 Å². The fourth-order valence-electron chi connectivity index (χ4n) is 4.81. The first-order valence-corrected chi connectivity index (χ1v) is 10.3. The maximum atomic E-state index is 13.2. The SMILES string of the molecule is Cc1cccc(N2C(=O)CC(N3CCc4c([nH]c5ccc(Cl)cc45)C3C)C2=O)c1. The minimum atomic E-state index is -0.429. The van der Waals surface area contributed by atoms with Crippen LogP contribution in [0.4, 0.5) is 5.69 Å². The molecule has 5 nitrogen and oxygen atoms in total. The zero-order chi connectivity index (χ0) is 20.3. The van der Waals surface area contributed by atoms with E-state index in [2.05, 4.69) is 16.8 Å². The Kier molecular flexibility index (Phi) is 4.26. The molecule has 2 amide bonds. The molecule has 0 bridgehead atoms. The summed E-state index contributed by atoms with van der Waals surface area (Å²) >= 11 is 6.20. The first-order chi connectivity index (χ1) is 13.9. The molecule has 2 unspecified atom stereocenters. The smallest absolute Gasteiger partial charge is 0.251 e. The number of benzene rings is 2. The summed E-state index contributed by atoms with van der Waals surface area (Å²) in [6, 6.07) is 13.0. The van der Waals surface area contributed by atoms with Gasteiger partial charge in [-0.05, 0) is 61.7 Å². The Morgan fingerprint density at radius 2 is 1.97 bits per heavy atom. The van der Waals surface area contributed by atoms with Crippen molar-refractivity contribution >= 4 is 40.0 Å². The molecule has 1 fully saturated rings. The molecule has 2 aliphatic heterocycles. The number of fused-ring (bicyclic) bond motifs is 3. The standard InChI is InChI=1S/C23H22ClN3O2/c1-13-4-3-5-16(10-13)27-21(28)12-20(23(27)29)26-9-8-17-18-11-15(24)6-7-19(18)25-22(17)14(26)2/h3-7,10-11,14,20,25H,8-9,12H2,1-2H3. The maximum Gasteiger partial charge on any atom is 0.251 e. The third-order valence-corrected chi connectivity index (χ3v) is 6.45. The maximum absolute atomic E-state index is 13.2. The van der Waals surface area contributed by atoms with E-state index in [1.165, 1.54) is 10.5 Å². The van der Waals surface area contributed by atoms with E-state index >= 15 is 0 Å². The van der Waals surface area contributed by atoms with Crippen LogP contribution in [0.3, 0.4) is 0 Å². The van der Waals surface area contributed by atoms with Gasteiger partial charge in [0.05, 0.1) is 18.2 Å². The molecular weight excluding hydrogens is 386 g/mol. The minimum absolute atomic E-state index is 0.0177. The summed E-state index contributed by atoms with van der Waals surface area (Å²) in [7, 11) is 0. The highest BCUT2D eigenvalue weighted by molar-refractivity contribution is 6.31. The second-order valence-electron chi connectivity index (χ2n) is 8.00. The number of aromatic nitrogens is 1. The first kappa shape index (κ1) is 18.4. The predicted octanol–water partition coefficient (Wildman–Crippen LogP) is 4.38. The Labute approximate surface area is 174 Å². The summed E-state index contributed by atoms with van der Waals surface area (Å²) in [5.74, 6) is -0.262. The summed E-state index contributed by atoms with van der Waals surface area (Å²) in [5.41, 5.74) is 5.12. The van der Waals surface area contributed by atoms with Gasteiger partial charge in [-0.2, -0.15) is 0 Å². The third-order valence-electron chi connectivity index (χ3n) is 6.22. The van der Waals surface area contributed by atoms with Crippen LogP contribution in [0.5, 0.6) is 0 Å². The van der Waals surface area contributed by atoms with Gasteiger partial charge in [0.25, 0.3) is 5.91 Å². The largest absolute Gasteiger partial charge is 0.357 e. The number of amides is 2. The monoisotopic (exact) mass is 407 g/mol. The third kappa shape index (κ3) is 2.88. The number of imide groups is 1. The van der Waals surface area contributed by atoms with Crippen LogP contribution in [0.25, 0.3) is 10.9 Å². The number of hydrogen-bond acceptors (Lipinski definition) is 3. The van der Waals surface area contributed by atoms with Crippen molar-refractivity contribution in [2.24, 2.45) is 0 Å². The molecule has 2 aliphatic rings. The lowest BCUT2D eigenvalue weighted by Crippen LogP contribution is -2.46. The van der Waals surface area contributed by atoms with Gasteiger partial charge in [-0.15, -0.1) is 0 Å². The molecular formula is C23H22ClN3O2. The molecule has 5 rings (SSSR count). The summed E-state index contributed by atoms with van der Waals surface area (Å²) in [5, 5.41) is 1.87. The number of hydrogen-bond donors (Lipinski definition) is 1. The molecule has 1 N–H and O–H groups in total. The van der Waals surface area contributed by atoms with Gasteiger partial charge in [0.15, 0.2) is 0 Å². The van der Waals surface area contributed by atoms with Crippen LogP contribution in [-0.2, 0) is 16.0 Å². The van der Waals surface area contributed by atoms with Crippen molar-refractivity contribution in [3.05, 3.63) is 64.3 Å². The van der Waals surface area contributed by atoms with Crippen LogP contribution in [0.2, 0.25) is 5.02 Å². The van der Waals surface area contributed by atoms with Crippen molar-refractivity contribution in [1.29, 1.82) is 0 Å². The molecule has 6 heteroatoms. The van der Waals surface area contributed by atoms with Crippen molar-refractivity contribution in [2.45, 2.75) is 38.8 Å². The van der Waals surface area contributed by atoms with Crippen LogP contribution in [0.15, 0.2) is 42.5 Å². The number of aryl methyl sites for hydroxylation is 1. The van der Waals surface area contributed by atoms with Gasteiger partial charge in [0.2, 0.25) is 5.91 Å². The van der Waals surface area contributed by atoms with Gasteiger partial charge >= 0.3 is 0 Å². The molecule has 0 radical (unpaired) electrons. The van der Waals surface area contributed by atoms with E-state index in [1.54, 1.807) is 0 Å². The Hall–Kier alpha value is -2.63. The minimum Gasteiger partial charge on any atom is -0.357 e. The lowest BCUT2D eigenvalue weighted by atomic mass is 9.96. The van der Waals surface area contributed by atoms with Gasteiger partial charge in [-0.1, -0.05) is 23.7 Å². The molecule has 0 saturated carbocycles. The zero-order valence-corrected chi connectivity index (χ0v) is 17.2. The summed E-state index contributed by atoms with van der Waals surface area (Å²) in [6.07, 6.45) is 1.04. The van der Waals surface area contributed by atoms with Crippen LogP contribution in [0.1, 0.15) is 36.2 Å². The average Bonchev–Trinajstić information content (AvgIpc) is 3.19. The summed E-state index contributed by atoms with van der Waals surface area (Å²) in [4.78, 5) is 33.0. The average molecular weight is 408 g/mol. The number of rotatable bonds is 2. The van der Waals surface area contributed by atoms with E-state index in [0.29, 0.717) is 5.69 Å². The Morgan fingerprint density at radius 1 is 1.14 bits per heavy atom. The lowest BCUT2D eigenvalue weighted by Gasteiger charge is -2.36. The number of carbonyl (C=O) groups excluding carboxylic acids is 2. The number of anilines is 1. The van der Waals surface area contributed by atoms with E-state index in [0.717, 1.165) is 40.1 Å². The summed E-state index contributed by atoms with van der Waals surface area (Å²) in [6.45, 7) is 4.80. The lowest BCUT2D eigenvalue weighted by molar-refractivity contribution is -0.123. The van der Waals surface area contributed by atoms with Crippen LogP contribution in [0, 0.1) is 6.92 Å². The fourth-order valence-corrected chi connectivity index (χ4v) is 4.98. The van der Waals surface area contributed by atoms with Gasteiger partial charge in [0.1, 0.15) is 0 Å². The Morgan fingerprint density at radius 3 is 2.76 bits per heavy atom. The van der Waals surface area contributed by atoms with Crippen molar-refractivity contribution < 1.29 is 9.59 Å². The normalized spacial score (nSPS) is 22.5. The number of H-pyrrole nitrogens is 1. The number of carbonyl (C=O) groups is 2. The number of nitrogens with one attached hydrogen (secondary N) is 1. The van der Waals surface area contributed by atoms with Gasteiger partial charge in [-0.25, -0.2) is 4.90 Å². The van der Waals surface area contributed by atoms with E-state index in [4.69, 9.17) is 11.6 Å². The van der Waals surface area contributed by atoms with Crippen molar-refractivity contribution in [2.75, 3.05) is 11.4 Å². The first-order valence-electron chi connectivity index (χ1n) is 9.93. The van der Waals surface area contributed by atoms with E-state index in [1.807, 2.05) is 49.4 Å². The molecule has 29 heavy (non-hydrogen) atoms. The molecule has 2 aromatic carbocycles. The molecule has 0 spiro atoms. The number of nitrogens with zero attached hydrogens (tertiary/aromatic N) is 2. The molecule has 2 atom stereocenters. The molecule has 148 valence electrons. The number of halogens is 1. The zero-order valence-electron chi connectivity index (χ0n) is 16.4. The predicted molar refractivity (Wildman–Crippen MR) is 114 cm³/mol. The molecule has 1 aromatic heterocycles. The van der Waals surface area contributed by atoms with Crippen molar-refractivity contribution in [1.82, 2.24) is 9.88 Å². The second kappa shape index (κ2) is 6.71. The highest BCUT2D eigenvalue weighted by Crippen LogP contribution is 2.38. The fraction of sp³-hybridized carbons (Fsp3) is 0.304. The quantitative estimate of drug-likeness (QED) is 0.641. The molecule has 1 saturated heterocycles. The topological polar surface area (TPSA) is 56.4 Å². The summed E-state index contributed by atoms with van der Waals surface area (Å²) < 4.78 is 0. The Balaban J connectivity index is 1.47. The van der Waals surface area contributed by atoms with E-state index < -0.39 is 6.04 Å². The molecule has 0 aliphatic carbocycles. The highest BCUT2D eigenvalue weighted by Gasteiger charge is 2.45. The Bertz CT molecular complexity index is 1150.